The van der Waals surface area contributed by atoms with Crippen molar-refractivity contribution in [2.45, 2.75) is 0 Å². The summed E-state index contributed by atoms with van der Waals surface area (Å²) < 4.78 is 23.6. The first kappa shape index (κ1) is 21.7. The highest BCUT2D eigenvalue weighted by Crippen LogP contribution is 2.38. The van der Waals surface area contributed by atoms with E-state index in [2.05, 4.69) is 5.32 Å². The number of benzene rings is 2. The van der Waals surface area contributed by atoms with E-state index < -0.39 is 29.4 Å². The summed E-state index contributed by atoms with van der Waals surface area (Å²) in [4.78, 5) is 38.0. The van der Waals surface area contributed by atoms with Crippen LogP contribution in [-0.2, 0) is 9.59 Å². The fraction of sp³-hybridized carbons (Fsp3) is 0.150. The van der Waals surface area contributed by atoms with Gasteiger partial charge in [0, 0.05) is 5.69 Å². The number of ether oxygens (including phenoxy) is 2. The topological polar surface area (TPSA) is 84.9 Å². The predicted octanol–water partition coefficient (Wildman–Crippen LogP) is 4.17. The summed E-state index contributed by atoms with van der Waals surface area (Å²) in [5, 5.41) is 2.13. The van der Waals surface area contributed by atoms with Crippen LogP contribution >= 0.6 is 23.4 Å². The van der Waals surface area contributed by atoms with E-state index >= 15 is 0 Å². The first-order valence-corrected chi connectivity index (χ1v) is 9.74. The summed E-state index contributed by atoms with van der Waals surface area (Å²) in [6.07, 6.45) is 1.48. The highest BCUT2D eigenvalue weighted by Gasteiger charge is 2.36. The third-order valence-corrected chi connectivity index (χ3v) is 5.23. The minimum atomic E-state index is -0.627. The SMILES string of the molecule is COc1cc(/C=C2/SC(=O)N(CC(=O)Nc3cccc(F)c3)C2=O)cc(Cl)c1OC. The van der Waals surface area contributed by atoms with E-state index in [1.165, 1.54) is 38.5 Å². The molecule has 0 aliphatic carbocycles. The van der Waals surface area contributed by atoms with Crippen molar-refractivity contribution in [3.63, 3.8) is 0 Å². The maximum atomic E-state index is 13.2. The molecule has 30 heavy (non-hydrogen) atoms. The number of rotatable bonds is 6. The zero-order valence-corrected chi connectivity index (χ0v) is 17.5. The second-order valence-corrected chi connectivity index (χ2v) is 7.47. The van der Waals surface area contributed by atoms with Crippen molar-refractivity contribution in [3.8, 4) is 11.5 Å². The second-order valence-electron chi connectivity index (χ2n) is 6.06. The molecule has 0 unspecified atom stereocenters. The second kappa shape index (κ2) is 9.19. The lowest BCUT2D eigenvalue weighted by Gasteiger charge is -2.12. The van der Waals surface area contributed by atoms with E-state index in [-0.39, 0.29) is 15.6 Å². The minimum Gasteiger partial charge on any atom is -0.493 e. The number of nitrogens with zero attached hydrogens (tertiary/aromatic N) is 1. The number of halogens is 2. The summed E-state index contributed by atoms with van der Waals surface area (Å²) in [7, 11) is 2.90. The van der Waals surface area contributed by atoms with Gasteiger partial charge in [-0.15, -0.1) is 0 Å². The van der Waals surface area contributed by atoms with Gasteiger partial charge < -0.3 is 14.8 Å². The normalized spacial score (nSPS) is 14.9. The third kappa shape index (κ3) is 4.74. The Balaban J connectivity index is 1.76. The molecule has 1 N–H and O–H groups in total. The number of hydrogen-bond donors (Lipinski definition) is 1. The van der Waals surface area contributed by atoms with E-state index in [0.29, 0.717) is 28.8 Å². The van der Waals surface area contributed by atoms with Crippen LogP contribution in [0.1, 0.15) is 5.56 Å². The Labute approximate surface area is 180 Å². The average molecular weight is 451 g/mol. The standard InChI is InChI=1S/C20H16ClFN2O5S/c1-28-15-7-11(6-14(21)18(15)29-2)8-16-19(26)24(20(27)30-16)10-17(25)23-13-5-3-4-12(22)9-13/h3-9H,10H2,1-2H3,(H,23,25)/b16-8+. The van der Waals surface area contributed by atoms with Crippen molar-refractivity contribution in [1.82, 2.24) is 4.90 Å². The molecule has 0 radical (unpaired) electrons. The van der Waals surface area contributed by atoms with Crippen LogP contribution in [0, 0.1) is 5.82 Å². The van der Waals surface area contributed by atoms with Crippen LogP contribution in [-0.4, -0.2) is 42.7 Å². The zero-order chi connectivity index (χ0) is 21.8. The van der Waals surface area contributed by atoms with Gasteiger partial charge in [0.05, 0.1) is 24.1 Å². The molecular formula is C20H16ClFN2O5S. The quantitative estimate of drug-likeness (QED) is 0.665. The number of nitrogens with one attached hydrogen (secondary N) is 1. The summed E-state index contributed by atoms with van der Waals surface area (Å²) in [5.41, 5.74) is 0.745. The first-order chi connectivity index (χ1) is 14.3. The van der Waals surface area contributed by atoms with Gasteiger partial charge in [-0.25, -0.2) is 4.39 Å². The van der Waals surface area contributed by atoms with Gasteiger partial charge in [0.15, 0.2) is 11.5 Å². The number of carbonyl (C=O) groups excluding carboxylic acids is 3. The Bertz CT molecular complexity index is 1060. The van der Waals surface area contributed by atoms with E-state index in [4.69, 9.17) is 21.1 Å². The monoisotopic (exact) mass is 450 g/mol. The number of hydrogen-bond acceptors (Lipinski definition) is 6. The number of anilines is 1. The minimum absolute atomic E-state index is 0.127. The Morgan fingerprint density at radius 2 is 2.00 bits per heavy atom. The van der Waals surface area contributed by atoms with Crippen LogP contribution in [0.15, 0.2) is 41.3 Å². The molecule has 1 heterocycles. The van der Waals surface area contributed by atoms with Gasteiger partial charge in [-0.1, -0.05) is 17.7 Å². The van der Waals surface area contributed by atoms with Crippen LogP contribution in [0.4, 0.5) is 14.9 Å². The largest absolute Gasteiger partial charge is 0.493 e. The number of amides is 3. The van der Waals surface area contributed by atoms with Crippen molar-refractivity contribution in [1.29, 1.82) is 0 Å². The molecule has 0 spiro atoms. The molecule has 1 saturated heterocycles. The highest BCUT2D eigenvalue weighted by atomic mass is 35.5. The van der Waals surface area contributed by atoms with Gasteiger partial charge >= 0.3 is 0 Å². The molecule has 3 amide bonds. The Morgan fingerprint density at radius 1 is 1.23 bits per heavy atom. The molecule has 3 rings (SSSR count). The van der Waals surface area contributed by atoms with Crippen molar-refractivity contribution >= 4 is 52.2 Å². The molecular weight excluding hydrogens is 435 g/mol. The number of thioether (sulfide) groups is 1. The molecule has 2 aromatic rings. The van der Waals surface area contributed by atoms with Gasteiger partial charge in [0.1, 0.15) is 12.4 Å². The van der Waals surface area contributed by atoms with Crippen molar-refractivity contribution in [2.24, 2.45) is 0 Å². The van der Waals surface area contributed by atoms with E-state index in [1.807, 2.05) is 0 Å². The van der Waals surface area contributed by atoms with E-state index in [1.54, 1.807) is 12.1 Å². The lowest BCUT2D eigenvalue weighted by molar-refractivity contribution is -0.127. The fourth-order valence-corrected chi connectivity index (χ4v) is 3.85. The van der Waals surface area contributed by atoms with E-state index in [0.717, 1.165) is 11.0 Å². The van der Waals surface area contributed by atoms with Crippen LogP contribution < -0.4 is 14.8 Å². The molecule has 10 heteroatoms. The van der Waals surface area contributed by atoms with Gasteiger partial charge in [-0.2, -0.15) is 0 Å². The van der Waals surface area contributed by atoms with Gasteiger partial charge in [-0.3, -0.25) is 19.3 Å². The van der Waals surface area contributed by atoms with Gasteiger partial charge in [-0.05, 0) is 53.7 Å². The fourth-order valence-electron chi connectivity index (χ4n) is 2.72. The van der Waals surface area contributed by atoms with Gasteiger partial charge in [0.25, 0.3) is 11.1 Å². The lowest BCUT2D eigenvalue weighted by Crippen LogP contribution is -2.36. The summed E-state index contributed by atoms with van der Waals surface area (Å²) in [6, 6.07) is 8.46. The highest BCUT2D eigenvalue weighted by molar-refractivity contribution is 8.18. The van der Waals surface area contributed by atoms with Crippen LogP contribution in [0.3, 0.4) is 0 Å². The van der Waals surface area contributed by atoms with Crippen molar-refractivity contribution in [2.75, 3.05) is 26.1 Å². The molecule has 2 aromatic carbocycles. The molecule has 0 bridgehead atoms. The van der Waals surface area contributed by atoms with Gasteiger partial charge in [0.2, 0.25) is 5.91 Å². The molecule has 1 aliphatic rings. The number of methoxy groups -OCH3 is 2. The summed E-state index contributed by atoms with van der Waals surface area (Å²) in [6.45, 7) is -0.495. The van der Waals surface area contributed by atoms with Crippen molar-refractivity contribution < 1.29 is 28.2 Å². The summed E-state index contributed by atoms with van der Waals surface area (Å²) >= 11 is 6.87. The summed E-state index contributed by atoms with van der Waals surface area (Å²) in [5.74, 6) is -1.05. The van der Waals surface area contributed by atoms with Crippen LogP contribution in [0.25, 0.3) is 6.08 Å². The molecule has 7 nitrogen and oxygen atoms in total. The number of carbonyl (C=O) groups is 3. The van der Waals surface area contributed by atoms with Crippen LogP contribution in [0.5, 0.6) is 11.5 Å². The lowest BCUT2D eigenvalue weighted by atomic mass is 10.2. The zero-order valence-electron chi connectivity index (χ0n) is 15.9. The maximum Gasteiger partial charge on any atom is 0.294 e. The van der Waals surface area contributed by atoms with E-state index in [9.17, 15) is 18.8 Å². The van der Waals surface area contributed by atoms with Crippen LogP contribution in [0.2, 0.25) is 5.02 Å². The molecule has 156 valence electrons. The van der Waals surface area contributed by atoms with Crippen molar-refractivity contribution in [3.05, 3.63) is 57.7 Å². The Hall–Kier alpha value is -3.04. The predicted molar refractivity (Wildman–Crippen MR) is 112 cm³/mol. The third-order valence-electron chi connectivity index (χ3n) is 4.04. The first-order valence-electron chi connectivity index (χ1n) is 8.54. The Morgan fingerprint density at radius 3 is 2.67 bits per heavy atom. The molecule has 1 fully saturated rings. The average Bonchev–Trinajstić information content (AvgIpc) is 2.94. The molecule has 0 atom stereocenters. The maximum absolute atomic E-state index is 13.2. The number of imide groups is 1. The Kier molecular flexibility index (Phi) is 6.63. The molecule has 0 aromatic heterocycles. The smallest absolute Gasteiger partial charge is 0.294 e. The molecule has 1 aliphatic heterocycles. The molecule has 0 saturated carbocycles.